The van der Waals surface area contributed by atoms with Gasteiger partial charge in [0.15, 0.2) is 0 Å². The standard InChI is InChI=1S/C6H9NS/c1-4-7-5-3-6(5,2)8-4/h5H,3H2,1-2H3. The molecule has 0 aromatic rings. The summed E-state index contributed by atoms with van der Waals surface area (Å²) in [6.45, 7) is 4.39. The third kappa shape index (κ3) is 0.467. The summed E-state index contributed by atoms with van der Waals surface area (Å²) < 4.78 is 0.546. The second-order valence-corrected chi connectivity index (χ2v) is 4.51. The van der Waals surface area contributed by atoms with Crippen molar-refractivity contribution >= 4 is 16.8 Å². The lowest BCUT2D eigenvalue weighted by molar-refractivity contribution is 0.968. The van der Waals surface area contributed by atoms with Crippen molar-refractivity contribution in [1.29, 1.82) is 0 Å². The van der Waals surface area contributed by atoms with Crippen molar-refractivity contribution in [2.45, 2.75) is 31.1 Å². The van der Waals surface area contributed by atoms with Crippen molar-refractivity contribution in [1.82, 2.24) is 0 Å². The Hall–Kier alpha value is 0.0200. The fourth-order valence-electron chi connectivity index (χ4n) is 1.20. The summed E-state index contributed by atoms with van der Waals surface area (Å²) in [5.74, 6) is 0. The Bertz CT molecular complexity index is 164. The molecule has 0 N–H and O–H groups in total. The number of aliphatic imine (C=N–C) groups is 1. The molecular formula is C6H9NS. The van der Waals surface area contributed by atoms with E-state index in [1.165, 1.54) is 11.5 Å². The molecule has 2 rings (SSSR count). The highest BCUT2D eigenvalue weighted by atomic mass is 32.2. The number of nitrogens with zero attached hydrogens (tertiary/aromatic N) is 1. The van der Waals surface area contributed by atoms with Gasteiger partial charge in [-0.1, -0.05) is 0 Å². The van der Waals surface area contributed by atoms with Gasteiger partial charge in [0, 0.05) is 4.75 Å². The summed E-state index contributed by atoms with van der Waals surface area (Å²) in [7, 11) is 0. The van der Waals surface area contributed by atoms with Crippen molar-refractivity contribution in [3.05, 3.63) is 0 Å². The van der Waals surface area contributed by atoms with E-state index in [2.05, 4.69) is 18.8 Å². The summed E-state index contributed by atoms with van der Waals surface area (Å²) in [5, 5.41) is 1.28. The first kappa shape index (κ1) is 4.86. The molecule has 0 aromatic carbocycles. The summed E-state index contributed by atoms with van der Waals surface area (Å²) in [6.07, 6.45) is 1.31. The Balaban J connectivity index is 2.24. The van der Waals surface area contributed by atoms with E-state index in [9.17, 15) is 0 Å². The van der Waals surface area contributed by atoms with Gasteiger partial charge in [0.1, 0.15) is 0 Å². The number of hydrogen-bond donors (Lipinski definition) is 0. The first-order valence-corrected chi connectivity index (χ1v) is 3.76. The maximum Gasteiger partial charge on any atom is 0.0671 e. The van der Waals surface area contributed by atoms with Crippen molar-refractivity contribution in [2.75, 3.05) is 0 Å². The van der Waals surface area contributed by atoms with Crippen molar-refractivity contribution < 1.29 is 0 Å². The Morgan fingerprint density at radius 2 is 2.62 bits per heavy atom. The van der Waals surface area contributed by atoms with E-state index in [1.807, 2.05) is 11.8 Å². The Morgan fingerprint density at radius 3 is 2.88 bits per heavy atom. The molecule has 1 aliphatic carbocycles. The molecule has 0 amide bonds. The SMILES string of the molecule is CC1=NC2CC2(C)S1. The minimum absolute atomic E-state index is 0.546. The van der Waals surface area contributed by atoms with Crippen molar-refractivity contribution in [2.24, 2.45) is 4.99 Å². The lowest BCUT2D eigenvalue weighted by Gasteiger charge is -1.97. The van der Waals surface area contributed by atoms with Crippen LogP contribution in [0.4, 0.5) is 0 Å². The van der Waals surface area contributed by atoms with E-state index >= 15 is 0 Å². The molecule has 1 aliphatic heterocycles. The molecule has 2 unspecified atom stereocenters. The van der Waals surface area contributed by atoms with E-state index in [0.717, 1.165) is 0 Å². The Morgan fingerprint density at radius 1 is 1.88 bits per heavy atom. The highest BCUT2D eigenvalue weighted by Crippen LogP contribution is 2.55. The maximum atomic E-state index is 4.41. The van der Waals surface area contributed by atoms with Gasteiger partial charge in [-0.25, -0.2) is 0 Å². The van der Waals surface area contributed by atoms with E-state index < -0.39 is 0 Å². The van der Waals surface area contributed by atoms with E-state index in [4.69, 9.17) is 0 Å². The number of hydrogen-bond acceptors (Lipinski definition) is 2. The summed E-state index contributed by atoms with van der Waals surface area (Å²) in [6, 6.07) is 0.687. The normalized spacial score (nSPS) is 50.8. The molecule has 0 saturated heterocycles. The van der Waals surface area contributed by atoms with Crippen molar-refractivity contribution in [3.63, 3.8) is 0 Å². The second-order valence-electron chi connectivity index (χ2n) is 2.78. The lowest BCUT2D eigenvalue weighted by Crippen LogP contribution is -1.95. The number of fused-ring (bicyclic) bond motifs is 1. The summed E-state index contributed by atoms with van der Waals surface area (Å²) in [5.41, 5.74) is 0. The topological polar surface area (TPSA) is 12.4 Å². The third-order valence-electron chi connectivity index (χ3n) is 1.86. The van der Waals surface area contributed by atoms with Gasteiger partial charge in [0.2, 0.25) is 0 Å². The van der Waals surface area contributed by atoms with Crippen LogP contribution in [0.3, 0.4) is 0 Å². The van der Waals surface area contributed by atoms with Gasteiger partial charge < -0.3 is 0 Å². The molecule has 2 aliphatic rings. The first-order valence-electron chi connectivity index (χ1n) is 2.94. The largest absolute Gasteiger partial charge is 0.278 e. The summed E-state index contributed by atoms with van der Waals surface area (Å²) in [4.78, 5) is 4.41. The molecule has 1 saturated carbocycles. The molecule has 44 valence electrons. The minimum Gasteiger partial charge on any atom is -0.278 e. The molecule has 2 atom stereocenters. The van der Waals surface area contributed by atoms with E-state index in [1.54, 1.807) is 0 Å². The first-order chi connectivity index (χ1) is 3.71. The fourth-order valence-corrected chi connectivity index (χ4v) is 2.48. The quantitative estimate of drug-likeness (QED) is 0.482. The Labute approximate surface area is 53.6 Å². The number of rotatable bonds is 0. The van der Waals surface area contributed by atoms with Gasteiger partial charge in [0.25, 0.3) is 0 Å². The highest BCUT2D eigenvalue weighted by Gasteiger charge is 2.55. The number of thioether (sulfide) groups is 1. The van der Waals surface area contributed by atoms with Crippen LogP contribution < -0.4 is 0 Å². The zero-order chi connectivity index (χ0) is 5.78. The molecule has 8 heavy (non-hydrogen) atoms. The van der Waals surface area contributed by atoms with Crippen LogP contribution >= 0.6 is 11.8 Å². The predicted octanol–water partition coefficient (Wildman–Crippen LogP) is 1.68. The van der Waals surface area contributed by atoms with Crippen LogP contribution in [0.15, 0.2) is 4.99 Å². The van der Waals surface area contributed by atoms with Gasteiger partial charge in [-0.05, 0) is 20.3 Å². The van der Waals surface area contributed by atoms with Crippen LogP contribution in [0, 0.1) is 0 Å². The van der Waals surface area contributed by atoms with E-state index in [-0.39, 0.29) is 0 Å². The van der Waals surface area contributed by atoms with Gasteiger partial charge >= 0.3 is 0 Å². The average molecular weight is 127 g/mol. The zero-order valence-corrected chi connectivity index (χ0v) is 5.96. The van der Waals surface area contributed by atoms with Crippen LogP contribution in [-0.2, 0) is 0 Å². The Kier molecular flexibility index (Phi) is 0.685. The molecule has 1 nitrogen and oxygen atoms in total. The molecule has 0 radical (unpaired) electrons. The van der Waals surface area contributed by atoms with Crippen LogP contribution in [0.25, 0.3) is 0 Å². The van der Waals surface area contributed by atoms with Crippen molar-refractivity contribution in [3.8, 4) is 0 Å². The predicted molar refractivity (Wildman–Crippen MR) is 37.5 cm³/mol. The van der Waals surface area contributed by atoms with Gasteiger partial charge in [-0.15, -0.1) is 11.8 Å². The van der Waals surface area contributed by atoms with Crippen LogP contribution in [0.1, 0.15) is 20.3 Å². The third-order valence-corrected chi connectivity index (χ3v) is 3.17. The van der Waals surface area contributed by atoms with Crippen LogP contribution in [0.5, 0.6) is 0 Å². The maximum absolute atomic E-state index is 4.41. The fraction of sp³-hybridized carbons (Fsp3) is 0.833. The summed E-state index contributed by atoms with van der Waals surface area (Å²) >= 11 is 1.95. The lowest BCUT2D eigenvalue weighted by atomic mass is 10.5. The van der Waals surface area contributed by atoms with Crippen LogP contribution in [-0.4, -0.2) is 15.8 Å². The zero-order valence-electron chi connectivity index (χ0n) is 5.14. The van der Waals surface area contributed by atoms with E-state index in [0.29, 0.717) is 10.8 Å². The highest BCUT2D eigenvalue weighted by molar-refractivity contribution is 8.15. The molecule has 1 heterocycles. The molecule has 0 spiro atoms. The van der Waals surface area contributed by atoms with Crippen LogP contribution in [0.2, 0.25) is 0 Å². The molecule has 1 fully saturated rings. The average Bonchev–Trinajstić information content (AvgIpc) is 2.07. The molecule has 0 bridgehead atoms. The molecule has 0 aromatic heterocycles. The second kappa shape index (κ2) is 1.13. The monoisotopic (exact) mass is 127 g/mol. The van der Waals surface area contributed by atoms with Gasteiger partial charge in [-0.2, -0.15) is 0 Å². The molecule has 2 heteroatoms. The smallest absolute Gasteiger partial charge is 0.0671 e. The molecular weight excluding hydrogens is 118 g/mol. The minimum atomic E-state index is 0.546. The van der Waals surface area contributed by atoms with Gasteiger partial charge in [-0.3, -0.25) is 4.99 Å². The van der Waals surface area contributed by atoms with Gasteiger partial charge in [0.05, 0.1) is 11.1 Å².